The van der Waals surface area contributed by atoms with E-state index in [1.54, 1.807) is 32.2 Å². The highest BCUT2D eigenvalue weighted by atomic mass is 16.5. The molecule has 1 amide bonds. The number of aromatic nitrogens is 1. The quantitative estimate of drug-likeness (QED) is 0.799. The van der Waals surface area contributed by atoms with Crippen molar-refractivity contribution in [3.63, 3.8) is 0 Å². The first-order valence-corrected chi connectivity index (χ1v) is 7.32. The van der Waals surface area contributed by atoms with Crippen molar-refractivity contribution >= 4 is 17.7 Å². The van der Waals surface area contributed by atoms with Crippen molar-refractivity contribution in [3.05, 3.63) is 59.3 Å². The summed E-state index contributed by atoms with van der Waals surface area (Å²) in [5, 5.41) is 5.74. The molecule has 0 aliphatic carbocycles. The smallest absolute Gasteiger partial charge is 0.339 e. The first-order valence-electron chi connectivity index (χ1n) is 7.32. The van der Waals surface area contributed by atoms with E-state index >= 15 is 0 Å². The Balaban J connectivity index is 1.98. The molecule has 0 aliphatic rings. The van der Waals surface area contributed by atoms with Crippen LogP contribution in [0.3, 0.4) is 0 Å². The molecule has 0 saturated heterocycles. The molecular weight excluding hydrogens is 294 g/mol. The molecule has 6 heteroatoms. The number of ether oxygens (including phenoxy) is 1. The lowest BCUT2D eigenvalue weighted by Crippen LogP contribution is -2.18. The SMILES string of the molecule is CCOC(=O)c1ccc(NCc2cccc(C(=O)NC)c2)nc1. The lowest BCUT2D eigenvalue weighted by molar-refractivity contribution is 0.0526. The Kier molecular flexibility index (Phi) is 5.68. The Labute approximate surface area is 134 Å². The van der Waals surface area contributed by atoms with E-state index in [2.05, 4.69) is 15.6 Å². The first kappa shape index (κ1) is 16.5. The summed E-state index contributed by atoms with van der Waals surface area (Å²) in [6.07, 6.45) is 1.47. The second-order valence-corrected chi connectivity index (χ2v) is 4.79. The van der Waals surface area contributed by atoms with Crippen molar-refractivity contribution in [1.82, 2.24) is 10.3 Å². The maximum Gasteiger partial charge on any atom is 0.339 e. The molecule has 0 atom stereocenters. The predicted molar refractivity (Wildman–Crippen MR) is 87.4 cm³/mol. The minimum Gasteiger partial charge on any atom is -0.462 e. The number of carbonyl (C=O) groups is 2. The summed E-state index contributed by atoms with van der Waals surface area (Å²) in [5.41, 5.74) is 1.99. The molecule has 120 valence electrons. The third-order valence-corrected chi connectivity index (χ3v) is 3.16. The summed E-state index contributed by atoms with van der Waals surface area (Å²) in [6.45, 7) is 2.62. The van der Waals surface area contributed by atoms with Gasteiger partial charge in [-0.1, -0.05) is 12.1 Å². The maximum absolute atomic E-state index is 11.6. The van der Waals surface area contributed by atoms with Crippen LogP contribution in [0.1, 0.15) is 33.2 Å². The van der Waals surface area contributed by atoms with Gasteiger partial charge in [0.15, 0.2) is 0 Å². The fourth-order valence-electron chi connectivity index (χ4n) is 1.99. The molecule has 0 fully saturated rings. The molecule has 0 unspecified atom stereocenters. The van der Waals surface area contributed by atoms with Crippen LogP contribution in [0.4, 0.5) is 5.82 Å². The van der Waals surface area contributed by atoms with Gasteiger partial charge in [0.25, 0.3) is 5.91 Å². The van der Waals surface area contributed by atoms with E-state index < -0.39 is 0 Å². The van der Waals surface area contributed by atoms with Crippen LogP contribution in [0.2, 0.25) is 0 Å². The third kappa shape index (κ3) is 4.54. The Morgan fingerprint density at radius 1 is 1.17 bits per heavy atom. The van der Waals surface area contributed by atoms with Gasteiger partial charge in [-0.05, 0) is 36.8 Å². The summed E-state index contributed by atoms with van der Waals surface area (Å²) in [5.74, 6) is 0.136. The third-order valence-electron chi connectivity index (χ3n) is 3.16. The Bertz CT molecular complexity index is 684. The minimum absolute atomic E-state index is 0.122. The number of pyridine rings is 1. The summed E-state index contributed by atoms with van der Waals surface area (Å²) < 4.78 is 4.91. The Morgan fingerprint density at radius 3 is 2.65 bits per heavy atom. The lowest BCUT2D eigenvalue weighted by atomic mass is 10.1. The molecule has 2 N–H and O–H groups in total. The molecule has 1 aromatic heterocycles. The van der Waals surface area contributed by atoms with Crippen molar-refractivity contribution < 1.29 is 14.3 Å². The van der Waals surface area contributed by atoms with Crippen molar-refractivity contribution in [2.75, 3.05) is 19.0 Å². The van der Waals surface area contributed by atoms with Gasteiger partial charge >= 0.3 is 5.97 Å². The van der Waals surface area contributed by atoms with E-state index in [9.17, 15) is 9.59 Å². The molecule has 2 aromatic rings. The number of carbonyl (C=O) groups excluding carboxylic acids is 2. The number of amides is 1. The number of rotatable bonds is 6. The van der Waals surface area contributed by atoms with Crippen LogP contribution in [-0.2, 0) is 11.3 Å². The van der Waals surface area contributed by atoms with Crippen LogP contribution in [0.25, 0.3) is 0 Å². The van der Waals surface area contributed by atoms with E-state index in [1.807, 2.05) is 18.2 Å². The number of hydrogen-bond acceptors (Lipinski definition) is 5. The highest BCUT2D eigenvalue weighted by Gasteiger charge is 2.07. The molecule has 0 bridgehead atoms. The largest absolute Gasteiger partial charge is 0.462 e. The maximum atomic E-state index is 11.6. The van der Waals surface area contributed by atoms with Crippen molar-refractivity contribution in [1.29, 1.82) is 0 Å². The molecule has 1 aromatic carbocycles. The summed E-state index contributed by atoms with van der Waals surface area (Å²) in [4.78, 5) is 27.3. The minimum atomic E-state index is -0.384. The van der Waals surface area contributed by atoms with Gasteiger partial charge in [-0.3, -0.25) is 4.79 Å². The van der Waals surface area contributed by atoms with Gasteiger partial charge in [-0.15, -0.1) is 0 Å². The van der Waals surface area contributed by atoms with Crippen LogP contribution in [0.15, 0.2) is 42.6 Å². The zero-order valence-electron chi connectivity index (χ0n) is 13.1. The number of nitrogens with one attached hydrogen (secondary N) is 2. The molecule has 2 rings (SSSR count). The zero-order chi connectivity index (χ0) is 16.7. The van der Waals surface area contributed by atoms with Gasteiger partial charge in [0.2, 0.25) is 0 Å². The van der Waals surface area contributed by atoms with Crippen molar-refractivity contribution in [2.45, 2.75) is 13.5 Å². The van der Waals surface area contributed by atoms with Gasteiger partial charge in [0.05, 0.1) is 12.2 Å². The molecule has 0 saturated carbocycles. The number of benzene rings is 1. The van der Waals surface area contributed by atoms with Crippen molar-refractivity contribution in [3.8, 4) is 0 Å². The zero-order valence-corrected chi connectivity index (χ0v) is 13.1. The van der Waals surface area contributed by atoms with Gasteiger partial charge in [0, 0.05) is 25.4 Å². The fraction of sp³-hybridized carbons (Fsp3) is 0.235. The Morgan fingerprint density at radius 2 is 2.00 bits per heavy atom. The molecular formula is C17H19N3O3. The van der Waals surface area contributed by atoms with Crippen LogP contribution in [0.5, 0.6) is 0 Å². The first-order chi connectivity index (χ1) is 11.1. The second kappa shape index (κ2) is 7.93. The molecule has 23 heavy (non-hydrogen) atoms. The molecule has 0 spiro atoms. The van der Waals surface area contributed by atoms with Gasteiger partial charge < -0.3 is 15.4 Å². The number of esters is 1. The van der Waals surface area contributed by atoms with Gasteiger partial charge in [0.1, 0.15) is 5.82 Å². The average Bonchev–Trinajstić information content (AvgIpc) is 2.60. The van der Waals surface area contributed by atoms with E-state index in [4.69, 9.17) is 4.74 Å². The van der Waals surface area contributed by atoms with E-state index in [0.717, 1.165) is 5.56 Å². The van der Waals surface area contributed by atoms with Crippen LogP contribution in [-0.4, -0.2) is 30.5 Å². The van der Waals surface area contributed by atoms with E-state index in [1.165, 1.54) is 6.20 Å². The standard InChI is InChI=1S/C17H19N3O3/c1-3-23-17(22)14-7-8-15(20-11-14)19-10-12-5-4-6-13(9-12)16(21)18-2/h4-9,11H,3,10H2,1-2H3,(H,18,21)(H,19,20). The number of anilines is 1. The Hall–Kier alpha value is -2.89. The molecule has 1 heterocycles. The van der Waals surface area contributed by atoms with Gasteiger partial charge in [-0.25, -0.2) is 9.78 Å². The monoisotopic (exact) mass is 313 g/mol. The molecule has 0 aliphatic heterocycles. The summed E-state index contributed by atoms with van der Waals surface area (Å²) in [7, 11) is 1.60. The fourth-order valence-corrected chi connectivity index (χ4v) is 1.99. The predicted octanol–water partition coefficient (Wildman–Crippen LogP) is 2.23. The molecule has 6 nitrogen and oxygen atoms in total. The van der Waals surface area contributed by atoms with Crippen LogP contribution >= 0.6 is 0 Å². The highest BCUT2D eigenvalue weighted by molar-refractivity contribution is 5.94. The van der Waals surface area contributed by atoms with Crippen molar-refractivity contribution in [2.24, 2.45) is 0 Å². The summed E-state index contributed by atoms with van der Waals surface area (Å²) >= 11 is 0. The normalized spacial score (nSPS) is 10.0. The highest BCUT2D eigenvalue weighted by Crippen LogP contribution is 2.10. The molecule has 0 radical (unpaired) electrons. The van der Waals surface area contributed by atoms with Gasteiger partial charge in [-0.2, -0.15) is 0 Å². The summed E-state index contributed by atoms with van der Waals surface area (Å²) in [6, 6.07) is 10.7. The average molecular weight is 313 g/mol. The van der Waals surface area contributed by atoms with Crippen LogP contribution < -0.4 is 10.6 Å². The lowest BCUT2D eigenvalue weighted by Gasteiger charge is -2.08. The van der Waals surface area contributed by atoms with E-state index in [0.29, 0.717) is 30.1 Å². The van der Waals surface area contributed by atoms with Crippen LogP contribution in [0, 0.1) is 0 Å². The number of nitrogens with zero attached hydrogens (tertiary/aromatic N) is 1. The number of hydrogen-bond donors (Lipinski definition) is 2. The van der Waals surface area contributed by atoms with E-state index in [-0.39, 0.29) is 11.9 Å². The topological polar surface area (TPSA) is 80.3 Å². The second-order valence-electron chi connectivity index (χ2n) is 4.79.